The zero-order valence-corrected chi connectivity index (χ0v) is 22.3. The minimum atomic E-state index is -0.633. The number of carbonyl (C=O) groups is 1. The second kappa shape index (κ2) is 10.8. The highest BCUT2D eigenvalue weighted by Gasteiger charge is 2.43. The number of halogens is 1. The molecular weight excluding hydrogens is 486 g/mol. The van der Waals surface area contributed by atoms with Gasteiger partial charge in [0.15, 0.2) is 0 Å². The van der Waals surface area contributed by atoms with Crippen LogP contribution in [0.2, 0.25) is 5.02 Å². The number of benzene rings is 1. The Hall–Kier alpha value is -2.55. The summed E-state index contributed by atoms with van der Waals surface area (Å²) in [5.41, 5.74) is 1.32. The highest BCUT2D eigenvalue weighted by atomic mass is 35.5. The third kappa shape index (κ3) is 5.12. The maximum atomic E-state index is 13.6. The Morgan fingerprint density at radius 1 is 1.17 bits per heavy atom. The number of hydrogen-bond acceptors (Lipinski definition) is 7. The van der Waals surface area contributed by atoms with Crippen LogP contribution in [-0.2, 0) is 14.2 Å². The number of hydrogen-bond donors (Lipinski definition) is 0. The molecule has 0 saturated heterocycles. The fraction of sp³-hybridized carbons (Fsp3) is 0.556. The molecule has 1 atom stereocenters. The molecule has 0 amide bonds. The molecule has 1 aromatic carbocycles. The minimum absolute atomic E-state index is 0.00140. The molecule has 196 valence electrons. The molecule has 1 saturated carbocycles. The van der Waals surface area contributed by atoms with E-state index in [9.17, 15) is 9.59 Å². The Balaban J connectivity index is 1.92. The lowest BCUT2D eigenvalue weighted by Crippen LogP contribution is -2.37. The molecule has 1 fully saturated rings. The lowest BCUT2D eigenvalue weighted by Gasteiger charge is -2.39. The molecule has 2 aromatic rings. The number of esters is 1. The number of pyridine rings is 1. The van der Waals surface area contributed by atoms with Crippen LogP contribution in [0.3, 0.4) is 0 Å². The molecular formula is C27H34ClNO7. The van der Waals surface area contributed by atoms with Crippen LogP contribution in [0.5, 0.6) is 11.5 Å². The summed E-state index contributed by atoms with van der Waals surface area (Å²) in [4.78, 5) is 26.4. The summed E-state index contributed by atoms with van der Waals surface area (Å²) in [5, 5.41) is 0.416. The topological polar surface area (TPSA) is 85.2 Å². The fourth-order valence-corrected chi connectivity index (χ4v) is 4.93. The van der Waals surface area contributed by atoms with Crippen molar-refractivity contribution >= 4 is 17.6 Å². The zero-order valence-electron chi connectivity index (χ0n) is 21.5. The number of rotatable bonds is 11. The Morgan fingerprint density at radius 3 is 2.56 bits per heavy atom. The Morgan fingerprint density at radius 2 is 1.92 bits per heavy atom. The highest BCUT2D eigenvalue weighted by molar-refractivity contribution is 6.32. The normalized spacial score (nSPS) is 16.7. The summed E-state index contributed by atoms with van der Waals surface area (Å²) >= 11 is 6.63. The molecule has 8 nitrogen and oxygen atoms in total. The fourth-order valence-electron chi connectivity index (χ4n) is 4.71. The SMILES string of the molecule is CCOC(=O)c1cc2c(n(C3CC3)c1=O)-c1cc(Cl)c(OCCCOC)cc1OC2C(C)(C)COC. The van der Waals surface area contributed by atoms with Gasteiger partial charge in [0, 0.05) is 55.9 Å². The summed E-state index contributed by atoms with van der Waals surface area (Å²) in [6, 6.07) is 5.19. The van der Waals surface area contributed by atoms with Gasteiger partial charge in [0.25, 0.3) is 5.56 Å². The largest absolute Gasteiger partial charge is 0.492 e. The van der Waals surface area contributed by atoms with Gasteiger partial charge in [-0.1, -0.05) is 25.4 Å². The van der Waals surface area contributed by atoms with Gasteiger partial charge in [-0.05, 0) is 31.9 Å². The van der Waals surface area contributed by atoms with Crippen LogP contribution >= 0.6 is 11.6 Å². The van der Waals surface area contributed by atoms with Gasteiger partial charge in [0.2, 0.25) is 0 Å². The zero-order chi connectivity index (χ0) is 26.0. The Bertz CT molecular complexity index is 1190. The third-order valence-electron chi connectivity index (χ3n) is 6.46. The first-order valence-corrected chi connectivity index (χ1v) is 12.7. The van der Waals surface area contributed by atoms with Gasteiger partial charge in [0.1, 0.15) is 23.2 Å². The van der Waals surface area contributed by atoms with Gasteiger partial charge in [0.05, 0.1) is 30.5 Å². The number of fused-ring (bicyclic) bond motifs is 3. The van der Waals surface area contributed by atoms with E-state index in [0.717, 1.165) is 30.5 Å². The van der Waals surface area contributed by atoms with E-state index in [4.69, 9.17) is 35.3 Å². The molecule has 0 N–H and O–H groups in total. The maximum Gasteiger partial charge on any atom is 0.343 e. The van der Waals surface area contributed by atoms with Crippen LogP contribution in [0, 0.1) is 5.41 Å². The molecule has 1 aliphatic carbocycles. The summed E-state index contributed by atoms with van der Waals surface area (Å²) in [6.45, 7) is 7.39. The molecule has 1 aliphatic heterocycles. The number of ether oxygens (including phenoxy) is 5. The maximum absolute atomic E-state index is 13.6. The van der Waals surface area contributed by atoms with Gasteiger partial charge in [-0.15, -0.1) is 0 Å². The third-order valence-corrected chi connectivity index (χ3v) is 6.76. The van der Waals surface area contributed by atoms with Gasteiger partial charge in [-0.25, -0.2) is 4.79 Å². The van der Waals surface area contributed by atoms with E-state index in [0.29, 0.717) is 41.9 Å². The van der Waals surface area contributed by atoms with Crippen molar-refractivity contribution in [1.82, 2.24) is 4.57 Å². The van der Waals surface area contributed by atoms with E-state index in [-0.39, 0.29) is 23.8 Å². The molecule has 4 rings (SSSR count). The number of nitrogens with zero attached hydrogens (tertiary/aromatic N) is 1. The minimum Gasteiger partial charge on any atom is -0.492 e. The smallest absolute Gasteiger partial charge is 0.343 e. The molecule has 2 aliphatic rings. The van der Waals surface area contributed by atoms with Crippen molar-refractivity contribution in [3.05, 3.63) is 44.7 Å². The van der Waals surface area contributed by atoms with E-state index in [2.05, 4.69) is 0 Å². The first-order valence-electron chi connectivity index (χ1n) is 12.3. The van der Waals surface area contributed by atoms with Crippen LogP contribution in [-0.4, -0.2) is 51.2 Å². The van der Waals surface area contributed by atoms with Crippen molar-refractivity contribution < 1.29 is 28.5 Å². The Kier molecular flexibility index (Phi) is 7.97. The second-order valence-corrected chi connectivity index (χ2v) is 10.3. The van der Waals surface area contributed by atoms with Gasteiger partial charge in [-0.3, -0.25) is 4.79 Å². The number of carbonyl (C=O) groups excluding carboxylic acids is 1. The van der Waals surface area contributed by atoms with E-state index in [1.165, 1.54) is 0 Å². The van der Waals surface area contributed by atoms with Crippen molar-refractivity contribution in [2.75, 3.05) is 40.6 Å². The Labute approximate surface area is 216 Å². The molecule has 2 heterocycles. The molecule has 1 aromatic heterocycles. The molecule has 9 heteroatoms. The number of methoxy groups -OCH3 is 2. The lowest BCUT2D eigenvalue weighted by atomic mass is 9.79. The van der Waals surface area contributed by atoms with Gasteiger partial charge >= 0.3 is 5.97 Å². The molecule has 0 radical (unpaired) electrons. The van der Waals surface area contributed by atoms with Crippen LogP contribution in [0.1, 0.15) is 68.1 Å². The summed E-state index contributed by atoms with van der Waals surface area (Å²) in [6.07, 6.45) is 1.93. The first-order chi connectivity index (χ1) is 17.2. The summed E-state index contributed by atoms with van der Waals surface area (Å²) in [7, 11) is 3.28. The predicted molar refractivity (Wildman–Crippen MR) is 136 cm³/mol. The van der Waals surface area contributed by atoms with Crippen LogP contribution in [0.4, 0.5) is 0 Å². The van der Waals surface area contributed by atoms with Crippen molar-refractivity contribution in [1.29, 1.82) is 0 Å². The lowest BCUT2D eigenvalue weighted by molar-refractivity contribution is 0.00332. The summed E-state index contributed by atoms with van der Waals surface area (Å²) < 4.78 is 30.0. The molecule has 36 heavy (non-hydrogen) atoms. The standard InChI is InChI=1S/C27H34ClNO7/c1-6-34-26(31)19-12-18-23(29(25(19)30)16-8-9-16)17-13-20(28)22(35-11-7-10-32-4)14-21(17)36-24(18)27(2,3)15-33-5/h12-14,16,24H,6-11,15H2,1-5H3. The first kappa shape index (κ1) is 26.5. The van der Waals surface area contributed by atoms with Crippen LogP contribution < -0.4 is 15.0 Å². The number of aromatic nitrogens is 1. The molecule has 0 bridgehead atoms. The van der Waals surface area contributed by atoms with Crippen molar-refractivity contribution in [2.45, 2.75) is 52.2 Å². The van der Waals surface area contributed by atoms with Gasteiger partial charge in [-0.2, -0.15) is 0 Å². The molecule has 0 spiro atoms. The van der Waals surface area contributed by atoms with Crippen molar-refractivity contribution in [3.8, 4) is 22.8 Å². The van der Waals surface area contributed by atoms with E-state index in [1.807, 2.05) is 13.8 Å². The quantitative estimate of drug-likeness (QED) is 0.298. The molecule has 1 unspecified atom stereocenters. The van der Waals surface area contributed by atoms with E-state index in [1.54, 1.807) is 43.9 Å². The van der Waals surface area contributed by atoms with Crippen LogP contribution in [0.15, 0.2) is 23.0 Å². The van der Waals surface area contributed by atoms with Gasteiger partial charge < -0.3 is 28.3 Å². The second-order valence-electron chi connectivity index (χ2n) is 9.88. The average molecular weight is 520 g/mol. The van der Waals surface area contributed by atoms with Crippen molar-refractivity contribution in [3.63, 3.8) is 0 Å². The van der Waals surface area contributed by atoms with Crippen LogP contribution in [0.25, 0.3) is 11.3 Å². The monoisotopic (exact) mass is 519 g/mol. The predicted octanol–water partition coefficient (Wildman–Crippen LogP) is 5.20. The average Bonchev–Trinajstić information content (AvgIpc) is 3.66. The highest BCUT2D eigenvalue weighted by Crippen LogP contribution is 2.52. The van der Waals surface area contributed by atoms with E-state index < -0.39 is 17.5 Å². The van der Waals surface area contributed by atoms with Crippen molar-refractivity contribution in [2.24, 2.45) is 5.41 Å². The summed E-state index contributed by atoms with van der Waals surface area (Å²) in [5.74, 6) is 0.439. The van der Waals surface area contributed by atoms with E-state index >= 15 is 0 Å².